The molecule has 0 fully saturated rings. The minimum Gasteiger partial charge on any atom is -0.480 e. The Morgan fingerprint density at radius 1 is 1.10 bits per heavy atom. The zero-order valence-electron chi connectivity index (χ0n) is 17.6. The lowest BCUT2D eigenvalue weighted by atomic mass is 10.0. The molecule has 0 saturated heterocycles. The highest BCUT2D eigenvalue weighted by molar-refractivity contribution is 6.18. The normalized spacial score (nSPS) is 13.2. The van der Waals surface area contributed by atoms with E-state index in [4.69, 9.17) is 19.8 Å². The number of hydrogen-bond acceptors (Lipinski definition) is 6. The second kappa shape index (κ2) is 13.2. The zero-order chi connectivity index (χ0) is 21.8. The number of hydrogen-bond donors (Lipinski definition) is 2. The minimum atomic E-state index is -1.13. The summed E-state index contributed by atoms with van der Waals surface area (Å²) in [6.45, 7) is 7.49. The summed E-state index contributed by atoms with van der Waals surface area (Å²) in [7, 11) is 1.04. The van der Waals surface area contributed by atoms with E-state index in [1.807, 2.05) is 58.0 Å². The molecule has 0 bridgehead atoms. The van der Waals surface area contributed by atoms with Gasteiger partial charge in [-0.3, -0.25) is 4.90 Å². The molecule has 1 rings (SSSR count). The summed E-state index contributed by atoms with van der Waals surface area (Å²) >= 11 is 0. The smallest absolute Gasteiger partial charge is 0.480 e. The number of carbonyl (C=O) groups is 2. The maximum Gasteiger partial charge on any atom is 0.490 e. The molecule has 1 aromatic carbocycles. The van der Waals surface area contributed by atoms with Gasteiger partial charge in [-0.25, -0.2) is 9.59 Å². The van der Waals surface area contributed by atoms with Crippen LogP contribution in [0, 0.1) is 11.8 Å². The highest BCUT2D eigenvalue weighted by atomic mass is 16.6. The molecule has 9 heteroatoms. The molecular formula is C20H32BN2O6. The lowest BCUT2D eigenvalue weighted by Gasteiger charge is -2.29. The summed E-state index contributed by atoms with van der Waals surface area (Å²) in [5.74, 6) is -0.720. The van der Waals surface area contributed by atoms with E-state index in [0.29, 0.717) is 12.3 Å². The van der Waals surface area contributed by atoms with Gasteiger partial charge in [-0.2, -0.15) is 0 Å². The molecule has 2 atom stereocenters. The lowest BCUT2D eigenvalue weighted by molar-refractivity contribution is -0.144. The number of nitrogens with two attached hydrogens (primary N) is 1. The second-order valence-corrected chi connectivity index (χ2v) is 7.69. The SMILES string of the molecule is CC(C)C[C@H](N)O[B]OCN(C(=O)OCc1ccccc1)[C@@H](CC(C)C)C(=O)O. The van der Waals surface area contributed by atoms with Crippen LogP contribution in [0.5, 0.6) is 0 Å². The number of ether oxygens (including phenoxy) is 1. The van der Waals surface area contributed by atoms with Crippen molar-refractivity contribution in [2.24, 2.45) is 17.6 Å². The van der Waals surface area contributed by atoms with Crippen molar-refractivity contribution >= 4 is 19.7 Å². The van der Waals surface area contributed by atoms with Crippen molar-refractivity contribution in [3.8, 4) is 0 Å². The molecule has 0 heterocycles. The van der Waals surface area contributed by atoms with E-state index in [9.17, 15) is 14.7 Å². The number of benzene rings is 1. The third kappa shape index (κ3) is 10.3. The zero-order valence-corrected chi connectivity index (χ0v) is 17.6. The number of rotatable bonds is 13. The minimum absolute atomic E-state index is 0.0314. The van der Waals surface area contributed by atoms with Crippen molar-refractivity contribution in [1.82, 2.24) is 4.90 Å². The van der Waals surface area contributed by atoms with Crippen LogP contribution in [0.3, 0.4) is 0 Å². The first-order valence-electron chi connectivity index (χ1n) is 9.75. The summed E-state index contributed by atoms with van der Waals surface area (Å²) in [4.78, 5) is 25.4. The van der Waals surface area contributed by atoms with E-state index in [-0.39, 0.29) is 25.7 Å². The first-order valence-corrected chi connectivity index (χ1v) is 9.75. The summed E-state index contributed by atoms with van der Waals surface area (Å²) in [6.07, 6.45) is -0.429. The molecule has 0 aromatic heterocycles. The van der Waals surface area contributed by atoms with Gasteiger partial charge in [0, 0.05) is 0 Å². The Labute approximate surface area is 173 Å². The van der Waals surface area contributed by atoms with Gasteiger partial charge >= 0.3 is 19.7 Å². The molecular weight excluding hydrogens is 375 g/mol. The van der Waals surface area contributed by atoms with Crippen molar-refractivity contribution in [1.29, 1.82) is 0 Å². The summed E-state index contributed by atoms with van der Waals surface area (Å²) in [5.41, 5.74) is 6.60. The topological polar surface area (TPSA) is 111 Å². The maximum absolute atomic E-state index is 12.6. The number of carboxylic acids is 1. The van der Waals surface area contributed by atoms with Gasteiger partial charge < -0.3 is 24.9 Å². The van der Waals surface area contributed by atoms with Crippen LogP contribution in [0.15, 0.2) is 30.3 Å². The average Bonchev–Trinajstić information content (AvgIpc) is 2.64. The molecule has 1 amide bonds. The standard InChI is InChI=1S/C20H32BN2O6/c1-14(2)10-17(19(24)25)23(13-28-21-29-18(22)11-15(3)4)20(26)27-12-16-8-6-5-7-9-16/h5-9,14-15,17-18H,10-13,22H2,1-4H3,(H,24,25)/t17-,18+/m0/s1. The first kappa shape index (κ1) is 24.9. The molecule has 0 aliphatic carbocycles. The Morgan fingerprint density at radius 3 is 2.28 bits per heavy atom. The van der Waals surface area contributed by atoms with Gasteiger partial charge in [-0.05, 0) is 30.2 Å². The van der Waals surface area contributed by atoms with Gasteiger partial charge in [0.2, 0.25) is 0 Å². The van der Waals surface area contributed by atoms with Crippen molar-refractivity contribution < 1.29 is 28.7 Å². The van der Waals surface area contributed by atoms with Gasteiger partial charge in [0.25, 0.3) is 0 Å². The Balaban J connectivity index is 2.71. The fraction of sp³-hybridized carbons (Fsp3) is 0.600. The van der Waals surface area contributed by atoms with E-state index in [0.717, 1.165) is 18.1 Å². The first-order chi connectivity index (χ1) is 13.7. The van der Waals surface area contributed by atoms with Crippen LogP contribution in [0.25, 0.3) is 0 Å². The second-order valence-electron chi connectivity index (χ2n) is 7.69. The molecule has 8 nitrogen and oxygen atoms in total. The molecule has 0 aliphatic heterocycles. The van der Waals surface area contributed by atoms with Gasteiger partial charge in [-0.15, -0.1) is 0 Å². The average molecular weight is 407 g/mol. The van der Waals surface area contributed by atoms with Crippen LogP contribution in [0.4, 0.5) is 4.79 Å². The molecule has 0 aliphatic rings. The quantitative estimate of drug-likeness (QED) is 0.294. The number of nitrogens with zero attached hydrogens (tertiary/aromatic N) is 1. The van der Waals surface area contributed by atoms with Gasteiger partial charge in [0.1, 0.15) is 19.4 Å². The maximum atomic E-state index is 12.6. The van der Waals surface area contributed by atoms with E-state index in [1.165, 1.54) is 0 Å². The summed E-state index contributed by atoms with van der Waals surface area (Å²) in [5, 5.41) is 9.60. The molecule has 0 spiro atoms. The Hall–Kier alpha value is -2.10. The fourth-order valence-electron chi connectivity index (χ4n) is 2.62. The van der Waals surface area contributed by atoms with Crippen LogP contribution in [-0.4, -0.2) is 48.8 Å². The van der Waals surface area contributed by atoms with Gasteiger partial charge in [0.15, 0.2) is 0 Å². The molecule has 1 aromatic rings. The van der Waals surface area contributed by atoms with Crippen LogP contribution >= 0.6 is 0 Å². The highest BCUT2D eigenvalue weighted by Gasteiger charge is 2.31. The van der Waals surface area contributed by atoms with E-state index >= 15 is 0 Å². The molecule has 0 saturated carbocycles. The molecule has 0 unspecified atom stereocenters. The van der Waals surface area contributed by atoms with Crippen molar-refractivity contribution in [3.05, 3.63) is 35.9 Å². The van der Waals surface area contributed by atoms with E-state index < -0.39 is 24.3 Å². The van der Waals surface area contributed by atoms with Crippen LogP contribution in [0.1, 0.15) is 46.1 Å². The number of amides is 1. The number of aliphatic carboxylic acids is 1. The summed E-state index contributed by atoms with van der Waals surface area (Å²) < 4.78 is 15.8. The van der Waals surface area contributed by atoms with Gasteiger partial charge in [0.05, 0.1) is 6.23 Å². The van der Waals surface area contributed by atoms with Crippen molar-refractivity contribution in [2.45, 2.75) is 59.4 Å². The largest absolute Gasteiger partial charge is 0.490 e. The van der Waals surface area contributed by atoms with E-state index in [2.05, 4.69) is 0 Å². The van der Waals surface area contributed by atoms with Gasteiger partial charge in [-0.1, -0.05) is 58.0 Å². The molecule has 29 heavy (non-hydrogen) atoms. The fourth-order valence-corrected chi connectivity index (χ4v) is 2.62. The lowest BCUT2D eigenvalue weighted by Crippen LogP contribution is -2.47. The molecule has 1 radical (unpaired) electrons. The predicted molar refractivity (Wildman–Crippen MR) is 110 cm³/mol. The van der Waals surface area contributed by atoms with Crippen molar-refractivity contribution in [3.63, 3.8) is 0 Å². The monoisotopic (exact) mass is 407 g/mol. The van der Waals surface area contributed by atoms with E-state index in [1.54, 1.807) is 0 Å². The Kier molecular flexibility index (Phi) is 11.3. The summed E-state index contributed by atoms with van der Waals surface area (Å²) in [6, 6.07) is 8.05. The predicted octanol–water partition coefficient (Wildman–Crippen LogP) is 2.98. The Bertz CT molecular complexity index is 614. The van der Waals surface area contributed by atoms with Crippen LogP contribution < -0.4 is 5.73 Å². The number of carbonyl (C=O) groups excluding carboxylic acids is 1. The van der Waals surface area contributed by atoms with Crippen molar-refractivity contribution in [2.75, 3.05) is 6.73 Å². The third-order valence-electron chi connectivity index (χ3n) is 4.01. The van der Waals surface area contributed by atoms with Crippen LogP contribution in [0.2, 0.25) is 0 Å². The highest BCUT2D eigenvalue weighted by Crippen LogP contribution is 2.15. The molecule has 161 valence electrons. The van der Waals surface area contributed by atoms with Crippen LogP contribution in [-0.2, 0) is 25.4 Å². The third-order valence-corrected chi connectivity index (χ3v) is 4.01. The Morgan fingerprint density at radius 2 is 1.72 bits per heavy atom. The number of carboxylic acid groups (broad SMARTS) is 1. The molecule has 3 N–H and O–H groups in total.